The van der Waals surface area contributed by atoms with Gasteiger partial charge in [-0.3, -0.25) is 9.59 Å². The zero-order chi connectivity index (χ0) is 13.5. The van der Waals surface area contributed by atoms with Gasteiger partial charge in [0.1, 0.15) is 6.04 Å². The summed E-state index contributed by atoms with van der Waals surface area (Å²) in [5.74, 6) is 0.817. The van der Waals surface area contributed by atoms with Gasteiger partial charge in [0.25, 0.3) is 0 Å². The highest BCUT2D eigenvalue weighted by Gasteiger charge is 2.20. The molecule has 0 radical (unpaired) electrons. The smallest absolute Gasteiger partial charge is 0.320 e. The van der Waals surface area contributed by atoms with Gasteiger partial charge >= 0.3 is 5.97 Å². The highest BCUT2D eigenvalue weighted by atomic mass is 32.2. The van der Waals surface area contributed by atoms with Crippen molar-refractivity contribution < 1.29 is 14.7 Å². The van der Waals surface area contributed by atoms with Crippen molar-refractivity contribution >= 4 is 23.6 Å². The largest absolute Gasteiger partial charge is 0.480 e. The predicted molar refractivity (Wildman–Crippen MR) is 72.5 cm³/mol. The van der Waals surface area contributed by atoms with Crippen LogP contribution in [0.5, 0.6) is 0 Å². The Morgan fingerprint density at radius 2 is 2.28 bits per heavy atom. The summed E-state index contributed by atoms with van der Waals surface area (Å²) >= 11 is 1.47. The topological polar surface area (TPSA) is 83.6 Å². The molecule has 0 bridgehead atoms. The average Bonchev–Trinajstić information content (AvgIpc) is 2.33. The summed E-state index contributed by atoms with van der Waals surface area (Å²) in [6, 6.07) is -0.817. The maximum Gasteiger partial charge on any atom is 0.320 e. The molecule has 1 aliphatic heterocycles. The third-order valence-electron chi connectivity index (χ3n) is 3.13. The molecule has 6 heteroatoms. The third kappa shape index (κ3) is 5.27. The molecule has 1 amide bonds. The number of carbonyl (C=O) groups excluding carboxylic acids is 1. The van der Waals surface area contributed by atoms with E-state index in [4.69, 9.17) is 10.8 Å². The van der Waals surface area contributed by atoms with E-state index in [1.165, 1.54) is 18.2 Å². The summed E-state index contributed by atoms with van der Waals surface area (Å²) < 4.78 is 0. The lowest BCUT2D eigenvalue weighted by Crippen LogP contribution is -2.40. The van der Waals surface area contributed by atoms with Crippen LogP contribution in [0.25, 0.3) is 0 Å². The number of carbonyl (C=O) groups is 2. The highest BCUT2D eigenvalue weighted by molar-refractivity contribution is 7.99. The molecule has 2 unspecified atom stereocenters. The molecule has 18 heavy (non-hydrogen) atoms. The SMILES string of the molecule is CC1CCCN(C(=O)CSCCC(N)C(=O)O)C1. The minimum absolute atomic E-state index is 0.162. The van der Waals surface area contributed by atoms with E-state index in [2.05, 4.69) is 6.92 Å². The monoisotopic (exact) mass is 274 g/mol. The van der Waals surface area contributed by atoms with Crippen LogP contribution in [0.1, 0.15) is 26.2 Å². The fraction of sp³-hybridized carbons (Fsp3) is 0.833. The average molecular weight is 274 g/mol. The second-order valence-corrected chi connectivity index (χ2v) is 5.98. The van der Waals surface area contributed by atoms with Gasteiger partial charge in [0.15, 0.2) is 0 Å². The first kappa shape index (κ1) is 15.3. The Balaban J connectivity index is 2.15. The van der Waals surface area contributed by atoms with E-state index < -0.39 is 12.0 Å². The van der Waals surface area contributed by atoms with Gasteiger partial charge in [0.05, 0.1) is 5.75 Å². The molecule has 1 aliphatic rings. The van der Waals surface area contributed by atoms with E-state index >= 15 is 0 Å². The number of carboxylic acids is 1. The number of hydrogen-bond donors (Lipinski definition) is 2. The van der Waals surface area contributed by atoms with Crippen molar-refractivity contribution in [2.45, 2.75) is 32.2 Å². The second kappa shape index (κ2) is 7.63. The lowest BCUT2D eigenvalue weighted by atomic mass is 10.0. The van der Waals surface area contributed by atoms with Gasteiger partial charge in [-0.1, -0.05) is 6.92 Å². The fourth-order valence-corrected chi connectivity index (χ4v) is 2.92. The van der Waals surface area contributed by atoms with E-state index in [0.717, 1.165) is 19.5 Å². The molecule has 0 aromatic heterocycles. The summed E-state index contributed by atoms with van der Waals surface area (Å²) in [6.45, 7) is 3.88. The van der Waals surface area contributed by atoms with Crippen LogP contribution < -0.4 is 5.73 Å². The molecule has 5 nitrogen and oxygen atoms in total. The summed E-state index contributed by atoms with van der Waals surface area (Å²) in [7, 11) is 0. The van der Waals surface area contributed by atoms with Gasteiger partial charge in [-0.05, 0) is 30.9 Å². The molecular weight excluding hydrogens is 252 g/mol. The lowest BCUT2D eigenvalue weighted by molar-refractivity contribution is -0.138. The standard InChI is InChI=1S/C12H22N2O3S/c1-9-3-2-5-14(7-9)11(15)8-18-6-4-10(13)12(16)17/h9-10H,2-8,13H2,1H3,(H,16,17). The Kier molecular flexibility index (Phi) is 6.49. The Labute approximate surface area is 112 Å². The van der Waals surface area contributed by atoms with Gasteiger partial charge in [-0.25, -0.2) is 0 Å². The first-order chi connectivity index (χ1) is 8.50. The van der Waals surface area contributed by atoms with Crippen LogP contribution in [-0.4, -0.2) is 52.5 Å². The van der Waals surface area contributed by atoms with Crippen molar-refractivity contribution in [3.63, 3.8) is 0 Å². The van der Waals surface area contributed by atoms with Gasteiger partial charge in [-0.15, -0.1) is 0 Å². The molecule has 1 fully saturated rings. The molecular formula is C12H22N2O3S. The molecule has 0 aromatic carbocycles. The van der Waals surface area contributed by atoms with E-state index in [9.17, 15) is 9.59 Å². The van der Waals surface area contributed by atoms with Crippen molar-refractivity contribution in [3.8, 4) is 0 Å². The van der Waals surface area contributed by atoms with Crippen LogP contribution in [-0.2, 0) is 9.59 Å². The lowest BCUT2D eigenvalue weighted by Gasteiger charge is -2.30. The minimum atomic E-state index is -0.980. The van der Waals surface area contributed by atoms with Gasteiger partial charge in [0.2, 0.25) is 5.91 Å². The normalized spacial score (nSPS) is 21.7. The number of aliphatic carboxylic acids is 1. The van der Waals surface area contributed by atoms with E-state index in [0.29, 0.717) is 23.8 Å². The number of rotatable bonds is 6. The molecule has 3 N–H and O–H groups in total. The van der Waals surface area contributed by atoms with Crippen molar-refractivity contribution in [3.05, 3.63) is 0 Å². The van der Waals surface area contributed by atoms with Crippen molar-refractivity contribution in [2.24, 2.45) is 11.7 Å². The fourth-order valence-electron chi connectivity index (χ4n) is 2.00. The van der Waals surface area contributed by atoms with Crippen LogP contribution in [0.2, 0.25) is 0 Å². The number of likely N-dealkylation sites (tertiary alicyclic amines) is 1. The molecule has 1 saturated heterocycles. The first-order valence-corrected chi connectivity index (χ1v) is 7.50. The summed E-state index contributed by atoms with van der Waals surface area (Å²) in [5.41, 5.74) is 5.39. The number of carboxylic acid groups (broad SMARTS) is 1. The summed E-state index contributed by atoms with van der Waals surface area (Å²) in [6.07, 6.45) is 2.69. The molecule has 0 saturated carbocycles. The van der Waals surface area contributed by atoms with Crippen LogP contribution >= 0.6 is 11.8 Å². The predicted octanol–water partition coefficient (Wildman–Crippen LogP) is 0.780. The van der Waals surface area contributed by atoms with Crippen molar-refractivity contribution in [1.82, 2.24) is 4.90 Å². The molecule has 2 atom stereocenters. The van der Waals surface area contributed by atoms with E-state index in [-0.39, 0.29) is 5.91 Å². The van der Waals surface area contributed by atoms with Crippen LogP contribution in [0.3, 0.4) is 0 Å². The molecule has 0 aliphatic carbocycles. The quantitative estimate of drug-likeness (QED) is 0.699. The Hall–Kier alpha value is -0.750. The van der Waals surface area contributed by atoms with Crippen LogP contribution in [0.4, 0.5) is 0 Å². The second-order valence-electron chi connectivity index (χ2n) is 4.87. The highest BCUT2D eigenvalue weighted by Crippen LogP contribution is 2.16. The number of piperidine rings is 1. The number of nitrogens with two attached hydrogens (primary N) is 1. The Bertz CT molecular complexity index is 299. The maximum absolute atomic E-state index is 11.9. The zero-order valence-electron chi connectivity index (χ0n) is 10.8. The number of amides is 1. The molecule has 1 heterocycles. The van der Waals surface area contributed by atoms with Crippen LogP contribution in [0.15, 0.2) is 0 Å². The third-order valence-corrected chi connectivity index (χ3v) is 4.10. The van der Waals surface area contributed by atoms with Gasteiger partial charge < -0.3 is 15.7 Å². The maximum atomic E-state index is 11.9. The number of hydrogen-bond acceptors (Lipinski definition) is 4. The first-order valence-electron chi connectivity index (χ1n) is 6.34. The number of thioether (sulfide) groups is 1. The summed E-state index contributed by atoms with van der Waals surface area (Å²) in [5, 5.41) is 8.61. The van der Waals surface area contributed by atoms with E-state index in [1.54, 1.807) is 0 Å². The molecule has 0 spiro atoms. The van der Waals surface area contributed by atoms with Crippen molar-refractivity contribution in [1.29, 1.82) is 0 Å². The molecule has 1 rings (SSSR count). The minimum Gasteiger partial charge on any atom is -0.480 e. The number of nitrogens with zero attached hydrogens (tertiary/aromatic N) is 1. The van der Waals surface area contributed by atoms with Gasteiger partial charge in [-0.2, -0.15) is 11.8 Å². The molecule has 104 valence electrons. The Morgan fingerprint density at radius 1 is 1.56 bits per heavy atom. The van der Waals surface area contributed by atoms with E-state index in [1.807, 2.05) is 4.90 Å². The van der Waals surface area contributed by atoms with Gasteiger partial charge in [0, 0.05) is 13.1 Å². The van der Waals surface area contributed by atoms with Crippen molar-refractivity contribution in [2.75, 3.05) is 24.6 Å². The molecule has 0 aromatic rings. The van der Waals surface area contributed by atoms with Crippen LogP contribution in [0, 0.1) is 5.92 Å². The summed E-state index contributed by atoms with van der Waals surface area (Å²) in [4.78, 5) is 24.3. The zero-order valence-corrected chi connectivity index (χ0v) is 11.6. The Morgan fingerprint density at radius 3 is 2.89 bits per heavy atom.